The number of carboxylic acids is 1. The van der Waals surface area contributed by atoms with Gasteiger partial charge < -0.3 is 56.1 Å². The third kappa shape index (κ3) is 16.9. The van der Waals surface area contributed by atoms with Crippen molar-refractivity contribution in [3.63, 3.8) is 0 Å². The van der Waals surface area contributed by atoms with E-state index in [-0.39, 0.29) is 72.7 Å². The molecule has 3 atom stereocenters. The number of fused-ring (bicyclic) bond motifs is 2. The molecule has 10 N–H and O–H groups in total. The van der Waals surface area contributed by atoms with E-state index < -0.39 is 68.5 Å². The first-order valence-electron chi connectivity index (χ1n) is 30.8. The van der Waals surface area contributed by atoms with Crippen LogP contribution in [0.1, 0.15) is 108 Å². The van der Waals surface area contributed by atoms with Gasteiger partial charge in [-0.25, -0.2) is 24.4 Å². The van der Waals surface area contributed by atoms with Crippen LogP contribution in [0.4, 0.5) is 26.2 Å². The molecule has 4 bridgehead atoms. The Bertz CT molecular complexity index is 3980. The van der Waals surface area contributed by atoms with Crippen LogP contribution in [-0.2, 0) is 60.6 Å². The van der Waals surface area contributed by atoms with E-state index in [1.165, 1.54) is 11.3 Å². The molecule has 0 radical (unpaired) electrons. The number of carboxylic acid groups (broad SMARTS) is 1. The number of aromatic nitrogens is 4. The number of aromatic carboxylic acids is 1. The van der Waals surface area contributed by atoms with Gasteiger partial charge in [-0.05, 0) is 148 Å². The second-order valence-corrected chi connectivity index (χ2v) is 30.2. The Kier molecular flexibility index (Phi) is 20.1. The summed E-state index contributed by atoms with van der Waals surface area (Å²) < 4.78 is 87.4. The van der Waals surface area contributed by atoms with E-state index >= 15 is 0 Å². The molecule has 30 heteroatoms. The lowest BCUT2D eigenvalue weighted by atomic mass is 9.39. The predicted molar refractivity (Wildman–Crippen MR) is 348 cm³/mol. The van der Waals surface area contributed by atoms with Crippen LogP contribution in [0.25, 0.3) is 21.3 Å². The molecule has 4 fully saturated rings. The summed E-state index contributed by atoms with van der Waals surface area (Å²) in [6, 6.07) is 19.4. The number of pyridine rings is 1. The maximum atomic E-state index is 14.4. The number of likely N-dealkylation sites (N-methyl/N-ethyl adjacent to an activating group) is 1. The minimum Gasteiger partial charge on any atom is -0.491 e. The molecule has 6 aromatic rings. The van der Waals surface area contributed by atoms with Gasteiger partial charge in [-0.2, -0.15) is 21.9 Å². The van der Waals surface area contributed by atoms with Crippen LogP contribution >= 0.6 is 11.3 Å². The highest BCUT2D eigenvalue weighted by atomic mass is 32.2. The van der Waals surface area contributed by atoms with Crippen molar-refractivity contribution >= 4 is 88.3 Å². The second kappa shape index (κ2) is 27.5. The summed E-state index contributed by atoms with van der Waals surface area (Å²) >= 11 is 1.31. The maximum Gasteiger partial charge on any atom is 0.410 e. The number of nitrogens with two attached hydrogens (primary N) is 2. The number of nitrogens with one attached hydrogen (secondary N) is 3. The van der Waals surface area contributed by atoms with Crippen LogP contribution in [0.15, 0.2) is 79.0 Å². The fraction of sp³-hybridized carbons (Fsp3) is 0.492. The maximum absolute atomic E-state index is 14.4. The van der Waals surface area contributed by atoms with Crippen molar-refractivity contribution < 1.29 is 69.2 Å². The van der Waals surface area contributed by atoms with E-state index in [2.05, 4.69) is 34.8 Å². The van der Waals surface area contributed by atoms with Gasteiger partial charge in [0, 0.05) is 79.4 Å². The number of urea groups is 1. The van der Waals surface area contributed by atoms with Crippen LogP contribution in [0, 0.1) is 23.2 Å². The summed E-state index contributed by atoms with van der Waals surface area (Å²) in [6.07, 6.45) is 7.55. The fourth-order valence-electron chi connectivity index (χ4n) is 15.1. The lowest BCUT2D eigenvalue weighted by molar-refractivity contribution is -0.248. The number of primary amides is 2. The van der Waals surface area contributed by atoms with Crippen LogP contribution in [0.5, 0.6) is 5.75 Å². The van der Waals surface area contributed by atoms with E-state index in [1.807, 2.05) is 52.7 Å². The first-order valence-corrected chi connectivity index (χ1v) is 34.8. The Morgan fingerprint density at radius 3 is 2.23 bits per heavy atom. The summed E-state index contributed by atoms with van der Waals surface area (Å²) in [7, 11) is -6.80. The SMILES string of the molecule is Cc1c(-c2ccc(N3CCc4c(OCCN(CCS(=O)(=O)O)C(=O)OCc5ccc(N[C@@H](CCCNC(N)=O)C(N)=O)cc5)ccc(C(=O)Nc5nc6ccccc6s5)c4C3)nc2C(=O)O)cnn1CC12CC3(C)CC(C)(C1)CC(OCCN(C)CCS(=O)(=O)O)(C3)C2. The highest BCUT2D eigenvalue weighted by Crippen LogP contribution is 2.72. The molecule has 3 aromatic heterocycles. The molecule has 5 aliphatic rings. The molecule has 4 saturated carbocycles. The molecule has 0 saturated heterocycles. The van der Waals surface area contributed by atoms with Gasteiger partial charge in [-0.15, -0.1) is 0 Å². The van der Waals surface area contributed by atoms with Crippen molar-refractivity contribution in [2.75, 3.05) is 86.6 Å². The zero-order valence-electron chi connectivity index (χ0n) is 52.4. The molecular formula is C63H80N12O15S3. The summed E-state index contributed by atoms with van der Waals surface area (Å²) in [6.45, 7) is 8.00. The number of hydrogen-bond acceptors (Lipinski definition) is 19. The number of para-hydroxylation sites is 1. The molecule has 4 aliphatic carbocycles. The largest absolute Gasteiger partial charge is 0.491 e. The molecule has 500 valence electrons. The number of hydrogen-bond donors (Lipinski definition) is 8. The zero-order valence-corrected chi connectivity index (χ0v) is 54.8. The van der Waals surface area contributed by atoms with Crippen LogP contribution in [0.2, 0.25) is 0 Å². The number of benzene rings is 3. The first-order chi connectivity index (χ1) is 44.0. The van der Waals surface area contributed by atoms with Gasteiger partial charge in [0.25, 0.3) is 26.1 Å². The van der Waals surface area contributed by atoms with Crippen LogP contribution < -0.4 is 37.1 Å². The van der Waals surface area contributed by atoms with E-state index in [0.717, 1.165) is 53.8 Å². The van der Waals surface area contributed by atoms with Crippen molar-refractivity contribution in [2.45, 2.75) is 110 Å². The third-order valence-electron chi connectivity index (χ3n) is 18.1. The Hall–Kier alpha value is -8.00. The van der Waals surface area contributed by atoms with E-state index in [4.69, 9.17) is 35.8 Å². The van der Waals surface area contributed by atoms with E-state index in [9.17, 15) is 55.0 Å². The number of carbonyl (C=O) groups excluding carboxylic acids is 4. The van der Waals surface area contributed by atoms with Crippen molar-refractivity contribution in [1.82, 2.24) is 34.9 Å². The summed E-state index contributed by atoms with van der Waals surface area (Å²) in [5.41, 5.74) is 15.2. The normalized spacial score (nSPS) is 21.1. The van der Waals surface area contributed by atoms with E-state index in [0.29, 0.717) is 107 Å². The molecule has 93 heavy (non-hydrogen) atoms. The molecule has 2 unspecified atom stereocenters. The molecule has 1 aliphatic heterocycles. The first kappa shape index (κ1) is 67.9. The Balaban J connectivity index is 0.845. The van der Waals surface area contributed by atoms with Gasteiger partial charge in [0.05, 0.1) is 46.7 Å². The van der Waals surface area contributed by atoms with Crippen molar-refractivity contribution in [2.24, 2.45) is 27.7 Å². The molecule has 4 heterocycles. The monoisotopic (exact) mass is 1340 g/mol. The van der Waals surface area contributed by atoms with Gasteiger partial charge in [-0.1, -0.05) is 49.4 Å². The topological polar surface area (TPSA) is 383 Å². The minimum atomic E-state index is -4.52. The van der Waals surface area contributed by atoms with Gasteiger partial charge in [0.1, 0.15) is 30.8 Å². The summed E-state index contributed by atoms with van der Waals surface area (Å²) in [5.74, 6) is -2.72. The van der Waals surface area contributed by atoms with Gasteiger partial charge in [0.2, 0.25) is 5.91 Å². The quantitative estimate of drug-likeness (QED) is 0.0167. The highest BCUT2D eigenvalue weighted by molar-refractivity contribution is 7.86. The molecule has 3 aromatic carbocycles. The zero-order chi connectivity index (χ0) is 66.7. The smallest absolute Gasteiger partial charge is 0.410 e. The molecule has 11 rings (SSSR count). The van der Waals surface area contributed by atoms with Crippen molar-refractivity contribution in [3.05, 3.63) is 113 Å². The predicted octanol–water partition coefficient (Wildman–Crippen LogP) is 6.95. The van der Waals surface area contributed by atoms with Gasteiger partial charge >= 0.3 is 18.1 Å². The number of rotatable bonds is 30. The molecule has 0 spiro atoms. The van der Waals surface area contributed by atoms with Gasteiger partial charge in [-0.3, -0.25) is 28.7 Å². The number of thiazole rings is 1. The Morgan fingerprint density at radius 2 is 1.54 bits per heavy atom. The average Bonchev–Trinajstić information content (AvgIpc) is 1.69. The molecule has 27 nitrogen and oxygen atoms in total. The minimum absolute atomic E-state index is 0.0250. The highest BCUT2D eigenvalue weighted by Gasteiger charge is 2.66. The third-order valence-corrected chi connectivity index (χ3v) is 20.5. The van der Waals surface area contributed by atoms with Crippen molar-refractivity contribution in [3.8, 4) is 16.9 Å². The summed E-state index contributed by atoms with van der Waals surface area (Å²) in [5, 5.41) is 24.6. The van der Waals surface area contributed by atoms with Crippen LogP contribution in [0.3, 0.4) is 0 Å². The Morgan fingerprint density at radius 1 is 0.817 bits per heavy atom. The number of amides is 5. The summed E-state index contributed by atoms with van der Waals surface area (Å²) in [4.78, 5) is 78.7. The van der Waals surface area contributed by atoms with Gasteiger partial charge in [0.15, 0.2) is 10.8 Å². The van der Waals surface area contributed by atoms with Crippen molar-refractivity contribution in [1.29, 1.82) is 0 Å². The lowest BCUT2D eigenvalue weighted by Gasteiger charge is -2.69. The number of nitrogens with zero attached hydrogens (tertiary/aromatic N) is 7. The average molecular weight is 1340 g/mol. The lowest BCUT2D eigenvalue weighted by Crippen LogP contribution is -2.64. The molecular weight excluding hydrogens is 1260 g/mol. The van der Waals surface area contributed by atoms with Crippen LogP contribution in [-0.4, -0.2) is 173 Å². The molecule has 5 amide bonds. The Labute approximate surface area is 543 Å². The number of carbonyl (C=O) groups is 5. The fourth-order valence-corrected chi connectivity index (χ4v) is 17.0. The second-order valence-electron chi connectivity index (χ2n) is 26.1. The number of anilines is 3. The van der Waals surface area contributed by atoms with E-state index in [1.54, 1.807) is 54.7 Å². The standard InChI is InChI=1S/C63H80N12O15S3/c1-40-46(30-67-75(40)39-62-34-60(2)33-61(3,35-62)37-63(36-60,38-62)90-27-22-72(4)24-28-92(82,83)84)44-16-18-52(70-53(44)56(78)79)74-21-19-43-47(31-74)45(55(77)71-58-69-48-8-5-6-10-51(48)91-58)15-17-50(43)88-26-23-73(25-29-93(85,86)87)59(81)89-32-41-11-13-42(14-12-41)68-49(54(64)76)9-7-20-66-57(65)80/h5-6,8,10-18,30,49,68H,7,9,19-29,31-39H2,1-4H3,(H2,64,76)(H,78,79)(H3,65,66,80)(H,69,71,77)(H,82,83,84)(H,85,86,87)/t49-,60?,61?,62?,63?/m0/s1. The number of ether oxygens (including phenoxy) is 3.